The molecule has 2 aromatic rings. The number of thioether (sulfide) groups is 1. The number of rotatable bonds is 6. The normalized spacial score (nSPS) is 11.2. The van der Waals surface area contributed by atoms with Crippen LogP contribution in [0.15, 0.2) is 6.07 Å². The summed E-state index contributed by atoms with van der Waals surface area (Å²) >= 11 is 1.88. The maximum absolute atomic E-state index is 4.68. The number of aromatic nitrogens is 3. The van der Waals surface area contributed by atoms with E-state index in [9.17, 15) is 0 Å². The first-order chi connectivity index (χ1) is 9.17. The molecular weight excluding hydrogens is 256 g/mol. The molecule has 104 valence electrons. The van der Waals surface area contributed by atoms with Crippen LogP contribution >= 0.6 is 11.8 Å². The van der Waals surface area contributed by atoms with E-state index in [0.717, 1.165) is 42.2 Å². The SMILES string of the molecule is CCc1cc(NCCCSC)n2nc(C)c(C)c2n1. The van der Waals surface area contributed by atoms with Crippen molar-refractivity contribution in [1.29, 1.82) is 0 Å². The van der Waals surface area contributed by atoms with Gasteiger partial charge in [0.2, 0.25) is 0 Å². The van der Waals surface area contributed by atoms with Crippen molar-refractivity contribution in [3.05, 3.63) is 23.0 Å². The quantitative estimate of drug-likeness (QED) is 0.825. The van der Waals surface area contributed by atoms with E-state index in [-0.39, 0.29) is 0 Å². The van der Waals surface area contributed by atoms with Crippen LogP contribution in [0.4, 0.5) is 5.82 Å². The number of hydrogen-bond donors (Lipinski definition) is 1. The van der Waals surface area contributed by atoms with Gasteiger partial charge in [0.15, 0.2) is 5.65 Å². The molecule has 0 saturated carbocycles. The molecule has 0 radical (unpaired) electrons. The zero-order chi connectivity index (χ0) is 13.8. The van der Waals surface area contributed by atoms with E-state index >= 15 is 0 Å². The summed E-state index contributed by atoms with van der Waals surface area (Å²) in [6.45, 7) is 7.23. The van der Waals surface area contributed by atoms with Crippen LogP contribution in [-0.2, 0) is 6.42 Å². The number of fused-ring (bicyclic) bond motifs is 1. The number of hydrogen-bond acceptors (Lipinski definition) is 4. The van der Waals surface area contributed by atoms with Crippen LogP contribution in [0.2, 0.25) is 0 Å². The van der Waals surface area contributed by atoms with Crippen LogP contribution in [0.25, 0.3) is 5.65 Å². The molecule has 5 heteroatoms. The minimum absolute atomic E-state index is 0.944. The molecule has 0 aromatic carbocycles. The van der Waals surface area contributed by atoms with Gasteiger partial charge in [0.1, 0.15) is 5.82 Å². The van der Waals surface area contributed by atoms with E-state index in [1.807, 2.05) is 23.2 Å². The highest BCUT2D eigenvalue weighted by Crippen LogP contribution is 2.18. The summed E-state index contributed by atoms with van der Waals surface area (Å²) in [4.78, 5) is 4.68. The number of anilines is 1. The van der Waals surface area contributed by atoms with Crippen LogP contribution in [0.5, 0.6) is 0 Å². The van der Waals surface area contributed by atoms with Crippen LogP contribution < -0.4 is 5.32 Å². The molecule has 2 heterocycles. The molecule has 0 unspecified atom stereocenters. The molecule has 0 bridgehead atoms. The molecule has 2 rings (SSSR count). The lowest BCUT2D eigenvalue weighted by Crippen LogP contribution is -2.09. The number of nitrogens with one attached hydrogen (secondary N) is 1. The second kappa shape index (κ2) is 6.28. The van der Waals surface area contributed by atoms with Crippen LogP contribution in [0.3, 0.4) is 0 Å². The lowest BCUT2D eigenvalue weighted by molar-refractivity contribution is 0.878. The number of aryl methyl sites for hydroxylation is 3. The van der Waals surface area contributed by atoms with Crippen LogP contribution in [-0.4, -0.2) is 33.2 Å². The highest BCUT2D eigenvalue weighted by Gasteiger charge is 2.11. The Morgan fingerprint density at radius 2 is 2.16 bits per heavy atom. The summed E-state index contributed by atoms with van der Waals surface area (Å²) in [6.07, 6.45) is 4.24. The Kier molecular flexibility index (Phi) is 4.69. The third kappa shape index (κ3) is 3.03. The Labute approximate surface area is 119 Å². The van der Waals surface area contributed by atoms with Crippen molar-refractivity contribution in [1.82, 2.24) is 14.6 Å². The molecule has 4 nitrogen and oxygen atoms in total. The first-order valence-corrected chi connectivity index (χ1v) is 8.15. The Bertz CT molecular complexity index is 562. The molecule has 0 aliphatic heterocycles. The predicted molar refractivity (Wildman–Crippen MR) is 83.3 cm³/mol. The molecule has 0 saturated heterocycles. The van der Waals surface area contributed by atoms with E-state index in [2.05, 4.69) is 41.6 Å². The average Bonchev–Trinajstić information content (AvgIpc) is 2.71. The summed E-state index contributed by atoms with van der Waals surface area (Å²) in [7, 11) is 0. The van der Waals surface area contributed by atoms with Crippen molar-refractivity contribution >= 4 is 23.2 Å². The predicted octanol–water partition coefficient (Wildman–Crippen LogP) is 3.07. The zero-order valence-electron chi connectivity index (χ0n) is 12.2. The standard InChI is InChI=1S/C14H22N4S/c1-5-12-9-13(15-7-6-8-19-4)18-14(16-12)10(2)11(3)17-18/h9,15H,5-8H2,1-4H3. The molecule has 0 aliphatic rings. The topological polar surface area (TPSA) is 42.2 Å². The van der Waals surface area contributed by atoms with Crippen molar-refractivity contribution in [2.75, 3.05) is 23.9 Å². The van der Waals surface area contributed by atoms with Gasteiger partial charge in [-0.25, -0.2) is 4.98 Å². The van der Waals surface area contributed by atoms with E-state index in [0.29, 0.717) is 0 Å². The van der Waals surface area contributed by atoms with Gasteiger partial charge in [-0.15, -0.1) is 0 Å². The summed E-state index contributed by atoms with van der Waals surface area (Å²) in [5, 5.41) is 8.06. The maximum Gasteiger partial charge on any atom is 0.160 e. The van der Waals surface area contributed by atoms with E-state index in [4.69, 9.17) is 0 Å². The fraction of sp³-hybridized carbons (Fsp3) is 0.571. The monoisotopic (exact) mass is 278 g/mol. The van der Waals surface area contributed by atoms with Crippen molar-refractivity contribution < 1.29 is 0 Å². The molecule has 0 fully saturated rings. The highest BCUT2D eigenvalue weighted by atomic mass is 32.2. The Morgan fingerprint density at radius 1 is 1.37 bits per heavy atom. The van der Waals surface area contributed by atoms with Gasteiger partial charge in [-0.05, 0) is 38.7 Å². The third-order valence-corrected chi connectivity index (χ3v) is 4.00. The smallest absolute Gasteiger partial charge is 0.160 e. The van der Waals surface area contributed by atoms with Crippen molar-refractivity contribution in [3.63, 3.8) is 0 Å². The van der Waals surface area contributed by atoms with Gasteiger partial charge in [0.05, 0.1) is 5.69 Å². The summed E-state index contributed by atoms with van der Waals surface area (Å²) in [5.41, 5.74) is 4.31. The number of nitrogens with zero attached hydrogens (tertiary/aromatic N) is 3. The minimum atomic E-state index is 0.944. The second-order valence-corrected chi connectivity index (χ2v) is 5.69. The van der Waals surface area contributed by atoms with Gasteiger partial charge >= 0.3 is 0 Å². The van der Waals surface area contributed by atoms with Gasteiger partial charge < -0.3 is 5.32 Å². The summed E-state index contributed by atoms with van der Waals surface area (Å²) < 4.78 is 1.93. The fourth-order valence-electron chi connectivity index (χ4n) is 2.02. The van der Waals surface area contributed by atoms with Gasteiger partial charge in [-0.2, -0.15) is 21.4 Å². The third-order valence-electron chi connectivity index (χ3n) is 3.30. The molecule has 0 spiro atoms. The Balaban J connectivity index is 2.32. The largest absolute Gasteiger partial charge is 0.370 e. The highest BCUT2D eigenvalue weighted by molar-refractivity contribution is 7.98. The van der Waals surface area contributed by atoms with Crippen molar-refractivity contribution in [2.45, 2.75) is 33.6 Å². The van der Waals surface area contributed by atoms with E-state index < -0.39 is 0 Å². The summed E-state index contributed by atoms with van der Waals surface area (Å²) in [6, 6.07) is 2.11. The average molecular weight is 278 g/mol. The van der Waals surface area contributed by atoms with Crippen LogP contribution in [0.1, 0.15) is 30.3 Å². The molecule has 0 amide bonds. The molecule has 0 aliphatic carbocycles. The van der Waals surface area contributed by atoms with Crippen molar-refractivity contribution in [2.24, 2.45) is 0 Å². The first kappa shape index (κ1) is 14.2. The zero-order valence-corrected chi connectivity index (χ0v) is 13.0. The molecule has 19 heavy (non-hydrogen) atoms. The molecule has 2 aromatic heterocycles. The Morgan fingerprint density at radius 3 is 2.84 bits per heavy atom. The molecule has 0 atom stereocenters. The van der Waals surface area contributed by atoms with Crippen molar-refractivity contribution in [3.8, 4) is 0 Å². The maximum atomic E-state index is 4.68. The Hall–Kier alpha value is -1.23. The van der Waals surface area contributed by atoms with E-state index in [1.165, 1.54) is 11.3 Å². The molecule has 1 N–H and O–H groups in total. The lowest BCUT2D eigenvalue weighted by atomic mass is 10.2. The summed E-state index contributed by atoms with van der Waals surface area (Å²) in [5.74, 6) is 2.23. The van der Waals surface area contributed by atoms with Gasteiger partial charge in [-0.1, -0.05) is 6.92 Å². The first-order valence-electron chi connectivity index (χ1n) is 6.76. The lowest BCUT2D eigenvalue weighted by Gasteiger charge is -2.09. The minimum Gasteiger partial charge on any atom is -0.370 e. The van der Waals surface area contributed by atoms with Gasteiger partial charge in [0.25, 0.3) is 0 Å². The van der Waals surface area contributed by atoms with E-state index in [1.54, 1.807) is 0 Å². The molecular formula is C14H22N4S. The fourth-order valence-corrected chi connectivity index (χ4v) is 2.45. The van der Waals surface area contributed by atoms with Crippen LogP contribution in [0, 0.1) is 13.8 Å². The van der Waals surface area contributed by atoms with Gasteiger partial charge in [-0.3, -0.25) is 0 Å². The van der Waals surface area contributed by atoms with Gasteiger partial charge in [0, 0.05) is 23.9 Å². The second-order valence-electron chi connectivity index (χ2n) is 4.71.